The number of aryl methyl sites for hydroxylation is 1. The van der Waals surface area contributed by atoms with Crippen molar-refractivity contribution in [1.29, 1.82) is 0 Å². The minimum atomic E-state index is -0.0295. The molecule has 2 aromatic heterocycles. The van der Waals surface area contributed by atoms with Crippen molar-refractivity contribution >= 4 is 5.95 Å². The zero-order valence-electron chi connectivity index (χ0n) is 11.3. The van der Waals surface area contributed by atoms with Crippen LogP contribution >= 0.6 is 0 Å². The van der Waals surface area contributed by atoms with Gasteiger partial charge in [-0.15, -0.1) is 0 Å². The van der Waals surface area contributed by atoms with Crippen LogP contribution in [-0.4, -0.2) is 33.7 Å². The van der Waals surface area contributed by atoms with Gasteiger partial charge in [-0.1, -0.05) is 0 Å². The zero-order chi connectivity index (χ0) is 13.9. The highest BCUT2D eigenvalue weighted by Crippen LogP contribution is 2.16. The van der Waals surface area contributed by atoms with Gasteiger partial charge in [0.05, 0.1) is 5.69 Å². The van der Waals surface area contributed by atoms with Crippen LogP contribution < -0.4 is 16.2 Å². The zero-order valence-corrected chi connectivity index (χ0v) is 11.3. The van der Waals surface area contributed by atoms with Crippen molar-refractivity contribution in [2.45, 2.75) is 12.5 Å². The maximum atomic E-state index is 11.4. The van der Waals surface area contributed by atoms with Gasteiger partial charge in [0, 0.05) is 43.7 Å². The summed E-state index contributed by atoms with van der Waals surface area (Å²) in [6.07, 6.45) is 4.59. The summed E-state index contributed by atoms with van der Waals surface area (Å²) < 4.78 is 1.55. The summed E-state index contributed by atoms with van der Waals surface area (Å²) in [6, 6.07) is 5.56. The van der Waals surface area contributed by atoms with Crippen LogP contribution in [0.25, 0.3) is 11.3 Å². The molecule has 3 rings (SSSR count). The third-order valence-electron chi connectivity index (χ3n) is 3.43. The van der Waals surface area contributed by atoms with Crippen LogP contribution in [0.3, 0.4) is 0 Å². The maximum Gasteiger partial charge on any atom is 0.250 e. The molecule has 1 fully saturated rings. The van der Waals surface area contributed by atoms with Gasteiger partial charge in [-0.3, -0.25) is 4.79 Å². The van der Waals surface area contributed by atoms with Gasteiger partial charge in [0.1, 0.15) is 0 Å². The molecule has 3 heterocycles. The molecule has 104 valence electrons. The smallest absolute Gasteiger partial charge is 0.250 e. The molecule has 1 aliphatic heterocycles. The standard InChI is InChI=1S/C14H17N5O/c1-19-9-10(2-3-13(19)20)12-5-7-16-14(18-12)17-11-4-6-15-8-11/h2-3,5,7,9,11,15H,4,6,8H2,1H3,(H,16,17,18). The molecule has 2 N–H and O–H groups in total. The fraction of sp³-hybridized carbons (Fsp3) is 0.357. The van der Waals surface area contributed by atoms with E-state index in [1.807, 2.05) is 6.07 Å². The van der Waals surface area contributed by atoms with Crippen LogP contribution in [0.15, 0.2) is 35.4 Å². The van der Waals surface area contributed by atoms with Crippen molar-refractivity contribution in [3.63, 3.8) is 0 Å². The first kappa shape index (κ1) is 12.8. The van der Waals surface area contributed by atoms with Crippen LogP contribution in [0.5, 0.6) is 0 Å². The van der Waals surface area contributed by atoms with Crippen molar-refractivity contribution in [2.75, 3.05) is 18.4 Å². The first-order chi connectivity index (χ1) is 9.72. The molecule has 1 unspecified atom stereocenters. The predicted molar refractivity (Wildman–Crippen MR) is 77.6 cm³/mol. The molecule has 0 spiro atoms. The second-order valence-electron chi connectivity index (χ2n) is 4.97. The average molecular weight is 271 g/mol. The molecule has 20 heavy (non-hydrogen) atoms. The first-order valence-corrected chi connectivity index (χ1v) is 6.70. The number of aromatic nitrogens is 3. The highest BCUT2D eigenvalue weighted by molar-refractivity contribution is 5.58. The van der Waals surface area contributed by atoms with Crippen LogP contribution in [0.1, 0.15) is 6.42 Å². The Morgan fingerprint density at radius 1 is 1.40 bits per heavy atom. The fourth-order valence-electron chi connectivity index (χ4n) is 2.29. The summed E-state index contributed by atoms with van der Waals surface area (Å²) >= 11 is 0. The average Bonchev–Trinajstić information content (AvgIpc) is 2.95. The summed E-state index contributed by atoms with van der Waals surface area (Å²) in [6.45, 7) is 1.96. The van der Waals surface area contributed by atoms with Gasteiger partial charge in [0.15, 0.2) is 0 Å². The molecule has 0 aliphatic carbocycles. The topological polar surface area (TPSA) is 71.8 Å². The molecule has 6 heteroatoms. The Morgan fingerprint density at radius 2 is 2.30 bits per heavy atom. The summed E-state index contributed by atoms with van der Waals surface area (Å²) in [5, 5.41) is 6.62. The molecule has 0 aromatic carbocycles. The monoisotopic (exact) mass is 271 g/mol. The fourth-order valence-corrected chi connectivity index (χ4v) is 2.29. The van der Waals surface area contributed by atoms with Crippen LogP contribution in [0, 0.1) is 0 Å². The van der Waals surface area contributed by atoms with Crippen molar-refractivity contribution in [3.05, 3.63) is 40.9 Å². The van der Waals surface area contributed by atoms with Crippen molar-refractivity contribution in [2.24, 2.45) is 7.05 Å². The Balaban J connectivity index is 1.86. The molecule has 1 saturated heterocycles. The second-order valence-corrected chi connectivity index (χ2v) is 4.97. The lowest BCUT2D eigenvalue weighted by Crippen LogP contribution is -2.23. The molecule has 1 aliphatic rings. The molecule has 0 radical (unpaired) electrons. The van der Waals surface area contributed by atoms with Crippen molar-refractivity contribution in [1.82, 2.24) is 19.9 Å². The summed E-state index contributed by atoms with van der Waals surface area (Å²) in [7, 11) is 1.73. The lowest BCUT2D eigenvalue weighted by molar-refractivity contribution is 0.780. The maximum absolute atomic E-state index is 11.4. The molecular weight excluding hydrogens is 254 g/mol. The van der Waals surface area contributed by atoms with Gasteiger partial charge in [0.25, 0.3) is 0 Å². The van der Waals surface area contributed by atoms with Crippen LogP contribution in [-0.2, 0) is 7.05 Å². The van der Waals surface area contributed by atoms with E-state index in [1.54, 1.807) is 36.1 Å². The van der Waals surface area contributed by atoms with Crippen molar-refractivity contribution < 1.29 is 0 Å². The molecule has 2 aromatic rings. The molecule has 6 nitrogen and oxygen atoms in total. The Morgan fingerprint density at radius 3 is 3.05 bits per heavy atom. The van der Waals surface area contributed by atoms with E-state index < -0.39 is 0 Å². The van der Waals surface area contributed by atoms with E-state index in [4.69, 9.17) is 0 Å². The number of anilines is 1. The van der Waals surface area contributed by atoms with Crippen LogP contribution in [0.4, 0.5) is 5.95 Å². The van der Waals surface area contributed by atoms with E-state index in [9.17, 15) is 4.79 Å². The Hall–Kier alpha value is -2.21. The number of hydrogen-bond donors (Lipinski definition) is 2. The van der Waals surface area contributed by atoms with E-state index in [1.165, 1.54) is 0 Å². The van der Waals surface area contributed by atoms with Gasteiger partial charge < -0.3 is 15.2 Å². The largest absolute Gasteiger partial charge is 0.350 e. The second kappa shape index (κ2) is 5.42. The third kappa shape index (κ3) is 2.70. The summed E-state index contributed by atoms with van der Waals surface area (Å²) in [4.78, 5) is 20.2. The van der Waals surface area contributed by atoms with Gasteiger partial charge in [0.2, 0.25) is 11.5 Å². The quantitative estimate of drug-likeness (QED) is 0.856. The first-order valence-electron chi connectivity index (χ1n) is 6.70. The predicted octanol–water partition coefficient (Wildman–Crippen LogP) is 0.616. The molecule has 0 amide bonds. The summed E-state index contributed by atoms with van der Waals surface area (Å²) in [5.74, 6) is 0.630. The Kier molecular flexibility index (Phi) is 3.47. The molecule has 0 saturated carbocycles. The number of pyridine rings is 1. The minimum Gasteiger partial charge on any atom is -0.350 e. The minimum absolute atomic E-state index is 0.0295. The normalized spacial score (nSPS) is 18.1. The van der Waals surface area contributed by atoms with Gasteiger partial charge in [-0.25, -0.2) is 9.97 Å². The SMILES string of the molecule is Cn1cc(-c2ccnc(NC3CCNC3)n2)ccc1=O. The van der Waals surface area contributed by atoms with E-state index in [-0.39, 0.29) is 5.56 Å². The van der Waals surface area contributed by atoms with Crippen molar-refractivity contribution in [3.8, 4) is 11.3 Å². The molecule has 1 atom stereocenters. The lowest BCUT2D eigenvalue weighted by Gasteiger charge is -2.11. The van der Waals surface area contributed by atoms with E-state index in [0.29, 0.717) is 12.0 Å². The Bertz CT molecular complexity index is 661. The summed E-state index contributed by atoms with van der Waals surface area (Å²) in [5.41, 5.74) is 1.68. The third-order valence-corrected chi connectivity index (χ3v) is 3.43. The highest BCUT2D eigenvalue weighted by atomic mass is 16.1. The highest BCUT2D eigenvalue weighted by Gasteiger charge is 2.15. The number of nitrogens with zero attached hydrogens (tertiary/aromatic N) is 3. The van der Waals surface area contributed by atoms with Gasteiger partial charge in [-0.2, -0.15) is 0 Å². The number of nitrogens with one attached hydrogen (secondary N) is 2. The molecule has 0 bridgehead atoms. The Labute approximate surface area is 116 Å². The van der Waals surface area contributed by atoms with E-state index >= 15 is 0 Å². The molecular formula is C14H17N5O. The van der Waals surface area contributed by atoms with Gasteiger partial charge in [-0.05, 0) is 25.1 Å². The lowest BCUT2D eigenvalue weighted by atomic mass is 10.2. The number of hydrogen-bond acceptors (Lipinski definition) is 5. The van der Waals surface area contributed by atoms with Gasteiger partial charge >= 0.3 is 0 Å². The van der Waals surface area contributed by atoms with E-state index in [2.05, 4.69) is 20.6 Å². The van der Waals surface area contributed by atoms with Crippen LogP contribution in [0.2, 0.25) is 0 Å². The van der Waals surface area contributed by atoms with E-state index in [0.717, 1.165) is 30.8 Å². The number of rotatable bonds is 3.